The summed E-state index contributed by atoms with van der Waals surface area (Å²) in [4.78, 5) is 25.6. The number of methoxy groups -OCH3 is 1. The number of para-hydroxylation sites is 1. The third-order valence-electron chi connectivity index (χ3n) is 3.95. The fourth-order valence-corrected chi connectivity index (χ4v) is 2.64. The van der Waals surface area contributed by atoms with Crippen LogP contribution in [-0.2, 0) is 4.74 Å². The Morgan fingerprint density at radius 3 is 2.00 bits per heavy atom. The number of esters is 1. The average Bonchev–Trinajstić information content (AvgIpc) is 2.72. The molecule has 4 heteroatoms. The van der Waals surface area contributed by atoms with Crippen LogP contribution in [0.3, 0.4) is 0 Å². The maximum absolute atomic E-state index is 13.0. The quantitative estimate of drug-likeness (QED) is 0.488. The summed E-state index contributed by atoms with van der Waals surface area (Å²) in [6, 6.07) is 24.5. The van der Waals surface area contributed by atoms with Gasteiger partial charge in [-0.3, -0.25) is 4.79 Å². The van der Waals surface area contributed by atoms with Crippen LogP contribution >= 0.6 is 0 Å². The maximum Gasteiger partial charge on any atom is 0.342 e. The lowest BCUT2D eigenvalue weighted by Crippen LogP contribution is -2.20. The van der Waals surface area contributed by atoms with Gasteiger partial charge in [0.15, 0.2) is 6.10 Å². The first-order valence-electron chi connectivity index (χ1n) is 8.19. The number of carbonyl (C=O) groups excluding carboxylic acids is 2. The van der Waals surface area contributed by atoms with Crippen molar-refractivity contribution in [3.63, 3.8) is 0 Å². The zero-order valence-electron chi connectivity index (χ0n) is 14.3. The minimum Gasteiger partial charge on any atom is -0.496 e. The molecule has 0 aromatic heterocycles. The molecule has 0 saturated heterocycles. The van der Waals surface area contributed by atoms with Gasteiger partial charge < -0.3 is 9.47 Å². The molecule has 4 nitrogen and oxygen atoms in total. The first-order valence-corrected chi connectivity index (χ1v) is 8.19. The van der Waals surface area contributed by atoms with Crippen molar-refractivity contribution < 1.29 is 19.1 Å². The summed E-state index contributed by atoms with van der Waals surface area (Å²) < 4.78 is 10.8. The van der Waals surface area contributed by atoms with E-state index in [2.05, 4.69) is 0 Å². The summed E-state index contributed by atoms with van der Waals surface area (Å²) in [6.07, 6.45) is -1.03. The zero-order valence-corrected chi connectivity index (χ0v) is 14.3. The van der Waals surface area contributed by atoms with E-state index >= 15 is 0 Å². The van der Waals surface area contributed by atoms with E-state index in [9.17, 15) is 9.59 Å². The molecule has 0 radical (unpaired) electrons. The lowest BCUT2D eigenvalue weighted by molar-refractivity contribution is 0.0277. The zero-order chi connectivity index (χ0) is 18.4. The molecule has 0 fully saturated rings. The van der Waals surface area contributed by atoms with Gasteiger partial charge in [-0.25, -0.2) is 4.79 Å². The molecule has 0 saturated carbocycles. The van der Waals surface area contributed by atoms with Gasteiger partial charge >= 0.3 is 5.97 Å². The number of hydrogen-bond acceptors (Lipinski definition) is 4. The molecule has 0 N–H and O–H groups in total. The molecule has 0 amide bonds. The molecule has 0 bridgehead atoms. The van der Waals surface area contributed by atoms with Gasteiger partial charge in [0.05, 0.1) is 7.11 Å². The second kappa shape index (κ2) is 8.12. The Kier molecular flexibility index (Phi) is 5.44. The van der Waals surface area contributed by atoms with Crippen LogP contribution in [0.15, 0.2) is 84.9 Å². The van der Waals surface area contributed by atoms with Crippen molar-refractivity contribution in [1.29, 1.82) is 0 Å². The van der Waals surface area contributed by atoms with Gasteiger partial charge in [0.25, 0.3) is 0 Å². The van der Waals surface area contributed by atoms with Crippen LogP contribution in [0.4, 0.5) is 0 Å². The summed E-state index contributed by atoms with van der Waals surface area (Å²) >= 11 is 0. The molecule has 26 heavy (non-hydrogen) atoms. The van der Waals surface area contributed by atoms with Crippen molar-refractivity contribution in [2.45, 2.75) is 6.10 Å². The van der Waals surface area contributed by atoms with E-state index in [1.807, 2.05) is 12.1 Å². The molecular formula is C22H18O4. The molecule has 0 spiro atoms. The molecule has 0 aliphatic heterocycles. The van der Waals surface area contributed by atoms with Crippen LogP contribution in [0, 0.1) is 0 Å². The van der Waals surface area contributed by atoms with Crippen molar-refractivity contribution in [2.75, 3.05) is 7.11 Å². The van der Waals surface area contributed by atoms with Gasteiger partial charge in [0.2, 0.25) is 5.78 Å². The topological polar surface area (TPSA) is 52.6 Å². The van der Waals surface area contributed by atoms with E-state index in [1.165, 1.54) is 7.11 Å². The van der Waals surface area contributed by atoms with Crippen LogP contribution < -0.4 is 4.74 Å². The second-order valence-electron chi connectivity index (χ2n) is 5.63. The van der Waals surface area contributed by atoms with Crippen LogP contribution in [0.5, 0.6) is 5.75 Å². The van der Waals surface area contributed by atoms with Crippen molar-refractivity contribution >= 4 is 11.8 Å². The van der Waals surface area contributed by atoms with Crippen molar-refractivity contribution in [3.8, 4) is 5.75 Å². The van der Waals surface area contributed by atoms with E-state index in [0.717, 1.165) is 0 Å². The molecule has 3 aromatic rings. The third-order valence-corrected chi connectivity index (χ3v) is 3.95. The van der Waals surface area contributed by atoms with E-state index in [-0.39, 0.29) is 11.3 Å². The van der Waals surface area contributed by atoms with Crippen LogP contribution in [0.2, 0.25) is 0 Å². The highest BCUT2D eigenvalue weighted by Gasteiger charge is 2.27. The van der Waals surface area contributed by atoms with Gasteiger partial charge in [-0.05, 0) is 12.1 Å². The highest BCUT2D eigenvalue weighted by molar-refractivity contribution is 6.02. The summed E-state index contributed by atoms with van der Waals surface area (Å²) in [7, 11) is 1.48. The Labute approximate surface area is 152 Å². The van der Waals surface area contributed by atoms with E-state index in [4.69, 9.17) is 9.47 Å². The van der Waals surface area contributed by atoms with Crippen molar-refractivity contribution in [3.05, 3.63) is 102 Å². The number of carbonyl (C=O) groups is 2. The van der Waals surface area contributed by atoms with Gasteiger partial charge in [-0.15, -0.1) is 0 Å². The molecule has 0 aliphatic carbocycles. The molecule has 130 valence electrons. The minimum absolute atomic E-state index is 0.275. The van der Waals surface area contributed by atoms with Crippen LogP contribution in [-0.4, -0.2) is 18.9 Å². The fraction of sp³-hybridized carbons (Fsp3) is 0.0909. The molecule has 0 aliphatic rings. The van der Waals surface area contributed by atoms with Crippen molar-refractivity contribution in [2.24, 2.45) is 0 Å². The Balaban J connectivity index is 1.94. The summed E-state index contributed by atoms with van der Waals surface area (Å²) in [5, 5.41) is 0. The fourth-order valence-electron chi connectivity index (χ4n) is 2.64. The Morgan fingerprint density at radius 2 is 1.35 bits per heavy atom. The van der Waals surface area contributed by atoms with E-state index in [0.29, 0.717) is 16.9 Å². The SMILES string of the molecule is COc1ccccc1C(=O)OC(C(=O)c1ccccc1)c1ccccc1. The first kappa shape index (κ1) is 17.4. The number of rotatable bonds is 6. The third kappa shape index (κ3) is 3.81. The molecule has 1 atom stereocenters. The number of ketones is 1. The highest BCUT2D eigenvalue weighted by atomic mass is 16.5. The number of hydrogen-bond donors (Lipinski definition) is 0. The Hall–Kier alpha value is -3.40. The monoisotopic (exact) mass is 346 g/mol. The summed E-state index contributed by atoms with van der Waals surface area (Å²) in [5.41, 5.74) is 1.37. The van der Waals surface area contributed by atoms with Gasteiger partial charge in [0, 0.05) is 11.1 Å². The van der Waals surface area contributed by atoms with Gasteiger partial charge in [-0.1, -0.05) is 72.8 Å². The predicted octanol–water partition coefficient (Wildman–Crippen LogP) is 4.48. The van der Waals surface area contributed by atoms with Gasteiger partial charge in [-0.2, -0.15) is 0 Å². The molecule has 0 heterocycles. The maximum atomic E-state index is 13.0. The van der Waals surface area contributed by atoms with Crippen LogP contribution in [0.25, 0.3) is 0 Å². The molecule has 1 unspecified atom stereocenters. The standard InChI is InChI=1S/C22H18O4/c1-25-19-15-9-8-14-18(19)22(24)26-21(17-12-6-3-7-13-17)20(23)16-10-4-2-5-11-16/h2-15,21H,1H3. The predicted molar refractivity (Wildman–Crippen MR) is 98.4 cm³/mol. The lowest BCUT2D eigenvalue weighted by atomic mass is 9.99. The van der Waals surface area contributed by atoms with E-state index in [1.54, 1.807) is 72.8 Å². The minimum atomic E-state index is -1.03. The van der Waals surface area contributed by atoms with Crippen LogP contribution in [0.1, 0.15) is 32.4 Å². The molecule has 3 rings (SSSR count). The van der Waals surface area contributed by atoms with Gasteiger partial charge in [0.1, 0.15) is 11.3 Å². The lowest BCUT2D eigenvalue weighted by Gasteiger charge is -2.18. The number of benzene rings is 3. The smallest absolute Gasteiger partial charge is 0.342 e. The molecule has 3 aromatic carbocycles. The summed E-state index contributed by atoms with van der Waals surface area (Å²) in [5.74, 6) is -0.489. The number of ether oxygens (including phenoxy) is 2. The highest BCUT2D eigenvalue weighted by Crippen LogP contribution is 2.26. The second-order valence-corrected chi connectivity index (χ2v) is 5.63. The largest absolute Gasteiger partial charge is 0.496 e. The average molecular weight is 346 g/mol. The van der Waals surface area contributed by atoms with Crippen molar-refractivity contribution in [1.82, 2.24) is 0 Å². The number of Topliss-reactive ketones (excluding diaryl/α,β-unsaturated/α-hetero) is 1. The molecular weight excluding hydrogens is 328 g/mol. The normalized spacial score (nSPS) is 11.4. The first-order chi connectivity index (χ1) is 12.7. The van der Waals surface area contributed by atoms with E-state index < -0.39 is 12.1 Å². The summed E-state index contributed by atoms with van der Waals surface area (Å²) in [6.45, 7) is 0. The Bertz CT molecular complexity index is 888. The Morgan fingerprint density at radius 1 is 0.769 bits per heavy atom.